The van der Waals surface area contributed by atoms with E-state index in [1.54, 1.807) is 32.3 Å². The number of carbonyl (C=O) groups excluding carboxylic acids is 2. The summed E-state index contributed by atoms with van der Waals surface area (Å²) >= 11 is 0. The van der Waals surface area contributed by atoms with Crippen molar-refractivity contribution in [2.75, 3.05) is 53.6 Å². The first-order valence-electron chi connectivity index (χ1n) is 11.3. The van der Waals surface area contributed by atoms with Crippen LogP contribution in [0.15, 0.2) is 52.5 Å². The Bertz CT molecular complexity index is 1210. The lowest BCUT2D eigenvalue weighted by molar-refractivity contribution is -0.130. The predicted molar refractivity (Wildman–Crippen MR) is 133 cm³/mol. The number of nitrogens with zero attached hydrogens (tertiary/aromatic N) is 3. The molecule has 2 aromatic rings. The lowest BCUT2D eigenvalue weighted by Gasteiger charge is -2.26. The molecular formula is C24H30N4O7S. The fourth-order valence-electron chi connectivity index (χ4n) is 3.22. The number of carbonyl (C=O) groups is 2. The van der Waals surface area contributed by atoms with E-state index in [9.17, 15) is 18.0 Å². The molecule has 0 unspecified atom stereocenters. The van der Waals surface area contributed by atoms with E-state index in [-0.39, 0.29) is 36.1 Å². The quantitative estimate of drug-likeness (QED) is 0.371. The molecule has 36 heavy (non-hydrogen) atoms. The lowest BCUT2D eigenvalue weighted by atomic mass is 10.2. The van der Waals surface area contributed by atoms with E-state index >= 15 is 0 Å². The Morgan fingerprint density at radius 2 is 1.86 bits per heavy atom. The Labute approximate surface area is 210 Å². The van der Waals surface area contributed by atoms with Crippen molar-refractivity contribution in [2.24, 2.45) is 5.10 Å². The summed E-state index contributed by atoms with van der Waals surface area (Å²) in [7, 11) is -0.443. The van der Waals surface area contributed by atoms with Gasteiger partial charge in [0.05, 0.1) is 30.9 Å². The number of amides is 2. The molecule has 0 aromatic heterocycles. The van der Waals surface area contributed by atoms with Gasteiger partial charge in [0, 0.05) is 32.7 Å². The molecule has 1 saturated heterocycles. The molecule has 11 nitrogen and oxygen atoms in total. The number of likely N-dealkylation sites (N-methyl/N-ethyl adjacent to an activating group) is 1. The van der Waals surface area contributed by atoms with Crippen LogP contribution in [0.25, 0.3) is 0 Å². The van der Waals surface area contributed by atoms with Crippen molar-refractivity contribution in [3.63, 3.8) is 0 Å². The van der Waals surface area contributed by atoms with Crippen molar-refractivity contribution in [3.05, 3.63) is 53.6 Å². The molecule has 0 saturated carbocycles. The zero-order valence-corrected chi connectivity index (χ0v) is 21.3. The number of benzene rings is 2. The van der Waals surface area contributed by atoms with Crippen LogP contribution in [0.1, 0.15) is 22.8 Å². The minimum atomic E-state index is -3.73. The molecule has 0 bridgehead atoms. The van der Waals surface area contributed by atoms with Crippen LogP contribution in [0.3, 0.4) is 0 Å². The maximum Gasteiger partial charge on any atom is 0.271 e. The maximum absolute atomic E-state index is 12.9. The second-order valence-corrected chi connectivity index (χ2v) is 9.90. The van der Waals surface area contributed by atoms with Gasteiger partial charge in [-0.05, 0) is 48.9 Å². The molecule has 3 rings (SSSR count). The molecule has 0 spiro atoms. The summed E-state index contributed by atoms with van der Waals surface area (Å²) in [5.41, 5.74) is 3.18. The summed E-state index contributed by atoms with van der Waals surface area (Å²) < 4.78 is 43.4. The highest BCUT2D eigenvalue weighted by Gasteiger charge is 2.26. The van der Waals surface area contributed by atoms with Gasteiger partial charge < -0.3 is 19.1 Å². The molecule has 0 atom stereocenters. The van der Waals surface area contributed by atoms with Gasteiger partial charge in [-0.25, -0.2) is 13.8 Å². The second kappa shape index (κ2) is 12.5. The highest BCUT2D eigenvalue weighted by atomic mass is 32.2. The molecule has 1 fully saturated rings. The van der Waals surface area contributed by atoms with Crippen LogP contribution in [0.2, 0.25) is 0 Å². The second-order valence-electron chi connectivity index (χ2n) is 7.96. The van der Waals surface area contributed by atoms with E-state index in [1.807, 2.05) is 6.92 Å². The topological polar surface area (TPSA) is 127 Å². The minimum Gasteiger partial charge on any atom is -0.490 e. The van der Waals surface area contributed by atoms with Gasteiger partial charge in [-0.2, -0.15) is 9.41 Å². The van der Waals surface area contributed by atoms with E-state index in [1.165, 1.54) is 39.7 Å². The van der Waals surface area contributed by atoms with Gasteiger partial charge in [-0.3, -0.25) is 9.59 Å². The highest BCUT2D eigenvalue weighted by Crippen LogP contribution is 2.28. The molecule has 1 heterocycles. The first-order valence-corrected chi connectivity index (χ1v) is 12.8. The van der Waals surface area contributed by atoms with Crippen LogP contribution in [-0.2, 0) is 19.6 Å². The first kappa shape index (κ1) is 27.1. The predicted octanol–water partition coefficient (Wildman–Crippen LogP) is 1.34. The summed E-state index contributed by atoms with van der Waals surface area (Å²) in [6.07, 6.45) is 1.42. The number of morpholine rings is 1. The molecule has 194 valence electrons. The molecule has 1 aliphatic heterocycles. The van der Waals surface area contributed by atoms with Crippen molar-refractivity contribution in [3.8, 4) is 11.5 Å². The zero-order chi connectivity index (χ0) is 26.1. The maximum atomic E-state index is 12.9. The number of ether oxygens (including phenoxy) is 3. The fourth-order valence-corrected chi connectivity index (χ4v) is 4.68. The minimum absolute atomic E-state index is 0.0331. The average Bonchev–Trinajstić information content (AvgIpc) is 2.88. The summed E-state index contributed by atoms with van der Waals surface area (Å²) in [6, 6.07) is 10.8. The fraction of sp³-hybridized carbons (Fsp3) is 0.375. The SMILES string of the molecule is CCOc1cc(C=NNC(=O)c2cccc(S(=O)(=O)N3CCOCC3)c2)ccc1OCC(=O)N(C)C. The van der Waals surface area contributed by atoms with Gasteiger partial charge >= 0.3 is 0 Å². The van der Waals surface area contributed by atoms with Crippen molar-refractivity contribution in [1.29, 1.82) is 0 Å². The van der Waals surface area contributed by atoms with Crippen molar-refractivity contribution in [2.45, 2.75) is 11.8 Å². The largest absolute Gasteiger partial charge is 0.490 e. The van der Waals surface area contributed by atoms with E-state index in [2.05, 4.69) is 10.5 Å². The number of hydrogen-bond acceptors (Lipinski definition) is 8. The van der Waals surface area contributed by atoms with Gasteiger partial charge in [0.2, 0.25) is 10.0 Å². The van der Waals surface area contributed by atoms with Crippen LogP contribution in [0, 0.1) is 0 Å². The molecule has 0 radical (unpaired) electrons. The monoisotopic (exact) mass is 518 g/mol. The number of hydrazone groups is 1. The van der Waals surface area contributed by atoms with Gasteiger partial charge in [-0.1, -0.05) is 6.07 Å². The van der Waals surface area contributed by atoms with Crippen LogP contribution >= 0.6 is 0 Å². The molecule has 1 aliphatic rings. The third-order valence-electron chi connectivity index (χ3n) is 5.20. The molecular weight excluding hydrogens is 488 g/mol. The van der Waals surface area contributed by atoms with E-state index in [4.69, 9.17) is 14.2 Å². The lowest BCUT2D eigenvalue weighted by Crippen LogP contribution is -2.40. The van der Waals surface area contributed by atoms with Crippen molar-refractivity contribution < 1.29 is 32.2 Å². The molecule has 0 aliphatic carbocycles. The van der Waals surface area contributed by atoms with Gasteiger partial charge in [0.15, 0.2) is 18.1 Å². The van der Waals surface area contributed by atoms with E-state index in [0.717, 1.165) is 0 Å². The van der Waals surface area contributed by atoms with Crippen molar-refractivity contribution >= 4 is 28.1 Å². The Morgan fingerprint density at radius 3 is 2.56 bits per heavy atom. The number of hydrogen-bond donors (Lipinski definition) is 1. The van der Waals surface area contributed by atoms with Crippen LogP contribution < -0.4 is 14.9 Å². The Hall–Kier alpha value is -3.48. The first-order chi connectivity index (χ1) is 17.2. The van der Waals surface area contributed by atoms with Gasteiger partial charge in [-0.15, -0.1) is 0 Å². The number of sulfonamides is 1. The van der Waals surface area contributed by atoms with Crippen molar-refractivity contribution in [1.82, 2.24) is 14.6 Å². The molecule has 2 amide bonds. The van der Waals surface area contributed by atoms with E-state index in [0.29, 0.717) is 36.9 Å². The number of rotatable bonds is 10. The molecule has 2 aromatic carbocycles. The standard InChI is InChI=1S/C24H30N4O7S/c1-4-34-22-14-18(8-9-21(22)35-17-23(29)27(2)3)16-25-26-24(30)19-6-5-7-20(15-19)36(31,32)28-10-12-33-13-11-28/h5-9,14-16H,4,10-13,17H2,1-3H3,(H,26,30). The molecule has 12 heteroatoms. The normalized spacial score (nSPS) is 14.4. The smallest absolute Gasteiger partial charge is 0.271 e. The Kier molecular flexibility index (Phi) is 9.39. The Morgan fingerprint density at radius 1 is 1.11 bits per heavy atom. The summed E-state index contributed by atoms with van der Waals surface area (Å²) in [5, 5.41) is 3.97. The summed E-state index contributed by atoms with van der Waals surface area (Å²) in [5.74, 6) is 0.0944. The van der Waals surface area contributed by atoms with Gasteiger partial charge in [0.25, 0.3) is 11.8 Å². The van der Waals surface area contributed by atoms with E-state index < -0.39 is 15.9 Å². The van der Waals surface area contributed by atoms with Crippen LogP contribution in [-0.4, -0.2) is 89.3 Å². The average molecular weight is 519 g/mol. The van der Waals surface area contributed by atoms with Gasteiger partial charge in [0.1, 0.15) is 0 Å². The summed E-state index contributed by atoms with van der Waals surface area (Å²) in [6.45, 7) is 3.28. The summed E-state index contributed by atoms with van der Waals surface area (Å²) in [4.78, 5) is 25.8. The third kappa shape index (κ3) is 7.03. The zero-order valence-electron chi connectivity index (χ0n) is 20.5. The number of nitrogens with one attached hydrogen (secondary N) is 1. The molecule has 1 N–H and O–H groups in total. The van der Waals surface area contributed by atoms with Crippen LogP contribution in [0.5, 0.6) is 11.5 Å². The highest BCUT2D eigenvalue weighted by molar-refractivity contribution is 7.89. The Balaban J connectivity index is 1.67. The third-order valence-corrected chi connectivity index (χ3v) is 7.10. The van der Waals surface area contributed by atoms with Crippen LogP contribution in [0.4, 0.5) is 0 Å².